The second kappa shape index (κ2) is 8.23. The Kier molecular flexibility index (Phi) is 5.78. The summed E-state index contributed by atoms with van der Waals surface area (Å²) in [5.74, 6) is 0.921. The number of hydrogen-bond acceptors (Lipinski definition) is 4. The molecule has 1 aliphatic heterocycles. The Morgan fingerprint density at radius 3 is 2.50 bits per heavy atom. The molecule has 1 atom stereocenters. The van der Waals surface area contributed by atoms with E-state index in [0.29, 0.717) is 0 Å². The van der Waals surface area contributed by atoms with Crippen LogP contribution in [0.4, 0.5) is 11.4 Å². The normalized spacial score (nSPS) is 16.2. The van der Waals surface area contributed by atoms with E-state index < -0.39 is 0 Å². The maximum atomic E-state index is 12.6. The highest BCUT2D eigenvalue weighted by atomic mass is 16.5. The van der Waals surface area contributed by atoms with Crippen molar-refractivity contribution in [2.75, 3.05) is 43.5 Å². The van der Waals surface area contributed by atoms with Gasteiger partial charge in [0.2, 0.25) is 5.91 Å². The first-order valence-corrected chi connectivity index (χ1v) is 9.08. The lowest BCUT2D eigenvalue weighted by molar-refractivity contribution is -0.120. The molecule has 5 nitrogen and oxygen atoms in total. The van der Waals surface area contributed by atoms with Crippen LogP contribution < -0.4 is 15.0 Å². The first-order valence-electron chi connectivity index (χ1n) is 9.08. The minimum atomic E-state index is -0.151. The highest BCUT2D eigenvalue weighted by Gasteiger charge is 2.26. The molecule has 0 unspecified atom stereocenters. The largest absolute Gasteiger partial charge is 0.497 e. The van der Waals surface area contributed by atoms with Crippen molar-refractivity contribution < 1.29 is 9.53 Å². The van der Waals surface area contributed by atoms with Crippen LogP contribution in [-0.2, 0) is 4.79 Å². The molecular formula is C21H27N3O2. The van der Waals surface area contributed by atoms with E-state index in [-0.39, 0.29) is 11.9 Å². The van der Waals surface area contributed by atoms with Gasteiger partial charge in [0.25, 0.3) is 0 Å². The SMILES string of the molecule is COc1cccc(N2CCN([C@H](C)C(=O)Nc3ccccc3C)CC2)c1. The molecule has 0 radical (unpaired) electrons. The lowest BCUT2D eigenvalue weighted by atomic mass is 10.1. The number of rotatable bonds is 5. The zero-order chi connectivity index (χ0) is 18.5. The standard InChI is InChI=1S/C21H27N3O2/c1-16-7-4-5-10-20(16)22-21(25)17(2)23-11-13-24(14-12-23)18-8-6-9-19(15-18)26-3/h4-10,15,17H,11-14H2,1-3H3,(H,22,25)/t17-/m1/s1. The number of carbonyl (C=O) groups is 1. The molecule has 1 saturated heterocycles. The summed E-state index contributed by atoms with van der Waals surface area (Å²) >= 11 is 0. The first-order chi connectivity index (χ1) is 12.6. The molecule has 1 fully saturated rings. The van der Waals surface area contributed by atoms with Crippen LogP contribution in [0, 0.1) is 6.92 Å². The van der Waals surface area contributed by atoms with Crippen molar-refractivity contribution in [3.8, 4) is 5.75 Å². The van der Waals surface area contributed by atoms with Crippen LogP contribution in [0.25, 0.3) is 0 Å². The Morgan fingerprint density at radius 2 is 1.81 bits per heavy atom. The molecule has 0 bridgehead atoms. The zero-order valence-corrected chi connectivity index (χ0v) is 15.7. The van der Waals surface area contributed by atoms with Crippen LogP contribution in [0.3, 0.4) is 0 Å². The topological polar surface area (TPSA) is 44.8 Å². The molecule has 2 aromatic rings. The summed E-state index contributed by atoms with van der Waals surface area (Å²) in [5, 5.41) is 3.05. The van der Waals surface area contributed by atoms with Crippen LogP contribution in [0.1, 0.15) is 12.5 Å². The van der Waals surface area contributed by atoms with Crippen molar-refractivity contribution in [2.45, 2.75) is 19.9 Å². The number of carbonyl (C=O) groups excluding carboxylic acids is 1. The van der Waals surface area contributed by atoms with Gasteiger partial charge in [0, 0.05) is 43.6 Å². The number of nitrogens with one attached hydrogen (secondary N) is 1. The van der Waals surface area contributed by atoms with Crippen LogP contribution >= 0.6 is 0 Å². The van der Waals surface area contributed by atoms with Crippen molar-refractivity contribution in [2.24, 2.45) is 0 Å². The third-order valence-electron chi connectivity index (χ3n) is 5.06. The van der Waals surface area contributed by atoms with E-state index in [1.807, 2.05) is 50.2 Å². The molecule has 2 aromatic carbocycles. The van der Waals surface area contributed by atoms with Gasteiger partial charge >= 0.3 is 0 Å². The molecule has 0 spiro atoms. The van der Waals surface area contributed by atoms with E-state index in [2.05, 4.69) is 27.2 Å². The second-order valence-electron chi connectivity index (χ2n) is 6.70. The van der Waals surface area contributed by atoms with Gasteiger partial charge in [-0.05, 0) is 37.6 Å². The minimum absolute atomic E-state index is 0.0501. The molecule has 26 heavy (non-hydrogen) atoms. The van der Waals surface area contributed by atoms with Crippen molar-refractivity contribution in [1.29, 1.82) is 0 Å². The third-order valence-corrected chi connectivity index (χ3v) is 5.06. The fourth-order valence-corrected chi connectivity index (χ4v) is 3.29. The number of methoxy groups -OCH3 is 1. The van der Waals surface area contributed by atoms with Crippen molar-refractivity contribution >= 4 is 17.3 Å². The van der Waals surface area contributed by atoms with Gasteiger partial charge in [0.05, 0.1) is 13.2 Å². The molecule has 1 amide bonds. The fourth-order valence-electron chi connectivity index (χ4n) is 3.29. The van der Waals surface area contributed by atoms with E-state index in [9.17, 15) is 4.79 Å². The first kappa shape index (κ1) is 18.3. The molecule has 5 heteroatoms. The summed E-state index contributed by atoms with van der Waals surface area (Å²) in [6.45, 7) is 7.51. The summed E-state index contributed by atoms with van der Waals surface area (Å²) < 4.78 is 5.31. The van der Waals surface area contributed by atoms with Gasteiger partial charge in [-0.2, -0.15) is 0 Å². The van der Waals surface area contributed by atoms with Crippen molar-refractivity contribution in [3.05, 3.63) is 54.1 Å². The molecule has 3 rings (SSSR count). The van der Waals surface area contributed by atoms with Crippen LogP contribution in [0.5, 0.6) is 5.75 Å². The molecule has 138 valence electrons. The number of anilines is 2. The molecule has 1 N–H and O–H groups in total. The quantitative estimate of drug-likeness (QED) is 0.897. The average molecular weight is 353 g/mol. The van der Waals surface area contributed by atoms with Crippen molar-refractivity contribution in [3.63, 3.8) is 0 Å². The number of nitrogens with zero attached hydrogens (tertiary/aromatic N) is 2. The number of aryl methyl sites for hydroxylation is 1. The summed E-state index contributed by atoms with van der Waals surface area (Å²) in [5.41, 5.74) is 3.14. The summed E-state index contributed by atoms with van der Waals surface area (Å²) in [7, 11) is 1.69. The summed E-state index contributed by atoms with van der Waals surface area (Å²) in [4.78, 5) is 17.2. The molecule has 1 heterocycles. The summed E-state index contributed by atoms with van der Waals surface area (Å²) in [6, 6.07) is 15.9. The smallest absolute Gasteiger partial charge is 0.241 e. The monoisotopic (exact) mass is 353 g/mol. The molecular weight excluding hydrogens is 326 g/mol. The van der Waals surface area contributed by atoms with Crippen LogP contribution in [-0.4, -0.2) is 50.1 Å². The van der Waals surface area contributed by atoms with Crippen molar-refractivity contribution in [1.82, 2.24) is 4.90 Å². The van der Waals surface area contributed by atoms with E-state index in [4.69, 9.17) is 4.74 Å². The Morgan fingerprint density at radius 1 is 1.08 bits per heavy atom. The maximum absolute atomic E-state index is 12.6. The Hall–Kier alpha value is -2.53. The van der Waals surface area contributed by atoms with Crippen LogP contribution in [0.2, 0.25) is 0 Å². The number of benzene rings is 2. The highest BCUT2D eigenvalue weighted by Crippen LogP contribution is 2.23. The van der Waals surface area contributed by atoms with Gasteiger partial charge in [0.15, 0.2) is 0 Å². The maximum Gasteiger partial charge on any atom is 0.241 e. The Labute approximate surface area is 155 Å². The number of amides is 1. The number of ether oxygens (including phenoxy) is 1. The van der Waals surface area contributed by atoms with E-state index in [0.717, 1.165) is 43.2 Å². The van der Waals surface area contributed by atoms with E-state index in [1.165, 1.54) is 5.69 Å². The molecule has 0 saturated carbocycles. The molecule has 0 aliphatic carbocycles. The molecule has 0 aromatic heterocycles. The van der Waals surface area contributed by atoms with E-state index >= 15 is 0 Å². The predicted octanol–water partition coefficient (Wildman–Crippen LogP) is 3.15. The van der Waals surface area contributed by atoms with Gasteiger partial charge < -0.3 is 15.0 Å². The predicted molar refractivity (Wildman–Crippen MR) is 106 cm³/mol. The third kappa shape index (κ3) is 4.17. The highest BCUT2D eigenvalue weighted by molar-refractivity contribution is 5.95. The second-order valence-corrected chi connectivity index (χ2v) is 6.70. The Balaban J connectivity index is 1.57. The lowest BCUT2D eigenvalue weighted by Gasteiger charge is -2.38. The minimum Gasteiger partial charge on any atom is -0.497 e. The van der Waals surface area contributed by atoms with Gasteiger partial charge in [-0.15, -0.1) is 0 Å². The summed E-state index contributed by atoms with van der Waals surface area (Å²) in [6.07, 6.45) is 0. The average Bonchev–Trinajstić information content (AvgIpc) is 2.69. The number of hydrogen-bond donors (Lipinski definition) is 1. The van der Waals surface area contributed by atoms with Gasteiger partial charge in [0.1, 0.15) is 5.75 Å². The van der Waals surface area contributed by atoms with Gasteiger partial charge in [-0.25, -0.2) is 0 Å². The number of piperazine rings is 1. The fraction of sp³-hybridized carbons (Fsp3) is 0.381. The lowest BCUT2D eigenvalue weighted by Crippen LogP contribution is -2.52. The van der Waals surface area contributed by atoms with E-state index in [1.54, 1.807) is 7.11 Å². The Bertz CT molecular complexity index is 754. The zero-order valence-electron chi connectivity index (χ0n) is 15.7. The number of para-hydroxylation sites is 1. The van der Waals surface area contributed by atoms with Gasteiger partial charge in [-0.3, -0.25) is 9.69 Å². The van der Waals surface area contributed by atoms with Crippen LogP contribution in [0.15, 0.2) is 48.5 Å². The van der Waals surface area contributed by atoms with Gasteiger partial charge in [-0.1, -0.05) is 24.3 Å². The molecule has 1 aliphatic rings.